The lowest BCUT2D eigenvalue weighted by Gasteiger charge is -2.42. The first kappa shape index (κ1) is 14.6. The van der Waals surface area contributed by atoms with E-state index in [1.54, 1.807) is 0 Å². The largest absolute Gasteiger partial charge is 0.378 e. The van der Waals surface area contributed by atoms with Crippen LogP contribution in [0, 0.1) is 11.3 Å². The number of carbonyl (C=O) groups excluding carboxylic acids is 1. The van der Waals surface area contributed by atoms with Gasteiger partial charge in [-0.15, -0.1) is 0 Å². The molecule has 0 aliphatic carbocycles. The highest BCUT2D eigenvalue weighted by Crippen LogP contribution is 2.45. The number of ether oxygens (including phenoxy) is 1. The molecular weight excluding hydrogens is 262 g/mol. The average Bonchev–Trinajstić information content (AvgIpc) is 2.75. The number of hydrogen-bond acceptors (Lipinski definition) is 2. The maximum atomic E-state index is 12.0. The highest BCUT2D eigenvalue weighted by atomic mass is 16.5. The summed E-state index contributed by atoms with van der Waals surface area (Å²) in [5, 5.41) is 3.23. The van der Waals surface area contributed by atoms with Crippen LogP contribution in [-0.4, -0.2) is 24.7 Å². The van der Waals surface area contributed by atoms with E-state index in [1.165, 1.54) is 5.56 Å². The molecule has 0 aromatic heterocycles. The Morgan fingerprint density at radius 3 is 2.81 bits per heavy atom. The van der Waals surface area contributed by atoms with Crippen molar-refractivity contribution in [3.05, 3.63) is 35.9 Å². The molecular formula is C18H25NO2. The molecule has 3 rings (SSSR count). The van der Waals surface area contributed by atoms with Crippen LogP contribution in [0.1, 0.15) is 38.7 Å². The van der Waals surface area contributed by atoms with Gasteiger partial charge in [-0.05, 0) is 30.7 Å². The molecule has 1 N–H and O–H groups in total. The Bertz CT molecular complexity index is 499. The summed E-state index contributed by atoms with van der Waals surface area (Å²) in [6, 6.07) is 10.7. The molecule has 0 saturated carbocycles. The number of nitrogens with one attached hydrogen (secondary N) is 1. The van der Waals surface area contributed by atoms with Crippen LogP contribution in [0.4, 0.5) is 0 Å². The molecule has 3 unspecified atom stereocenters. The number of amides is 1. The minimum absolute atomic E-state index is 0.0834. The molecule has 3 nitrogen and oxygen atoms in total. The van der Waals surface area contributed by atoms with Crippen molar-refractivity contribution in [1.82, 2.24) is 5.32 Å². The third kappa shape index (κ3) is 2.98. The number of benzene rings is 1. The van der Waals surface area contributed by atoms with Crippen LogP contribution >= 0.6 is 0 Å². The van der Waals surface area contributed by atoms with Gasteiger partial charge in [-0.1, -0.05) is 44.2 Å². The van der Waals surface area contributed by atoms with Gasteiger partial charge in [-0.25, -0.2) is 0 Å². The molecule has 2 aliphatic rings. The molecule has 114 valence electrons. The van der Waals surface area contributed by atoms with E-state index in [4.69, 9.17) is 4.74 Å². The molecule has 0 radical (unpaired) electrons. The van der Waals surface area contributed by atoms with Crippen molar-refractivity contribution in [3.8, 4) is 0 Å². The molecule has 2 aliphatic heterocycles. The summed E-state index contributed by atoms with van der Waals surface area (Å²) in [5.41, 5.74) is 1.39. The minimum Gasteiger partial charge on any atom is -0.378 e. The predicted octanol–water partition coefficient (Wildman–Crippen LogP) is 2.94. The maximum Gasteiger partial charge on any atom is 0.220 e. The number of carbonyl (C=O) groups is 1. The van der Waals surface area contributed by atoms with Crippen molar-refractivity contribution in [1.29, 1.82) is 0 Å². The van der Waals surface area contributed by atoms with Crippen molar-refractivity contribution in [2.24, 2.45) is 11.3 Å². The second-order valence-corrected chi connectivity index (χ2v) is 6.96. The summed E-state index contributed by atoms with van der Waals surface area (Å²) >= 11 is 0. The van der Waals surface area contributed by atoms with Crippen molar-refractivity contribution in [3.63, 3.8) is 0 Å². The van der Waals surface area contributed by atoms with Crippen LogP contribution in [0.3, 0.4) is 0 Å². The van der Waals surface area contributed by atoms with E-state index >= 15 is 0 Å². The third-order valence-corrected chi connectivity index (χ3v) is 5.15. The van der Waals surface area contributed by atoms with Crippen LogP contribution in [0.5, 0.6) is 0 Å². The monoisotopic (exact) mass is 287 g/mol. The molecule has 3 atom stereocenters. The highest BCUT2D eigenvalue weighted by molar-refractivity contribution is 5.80. The fourth-order valence-corrected chi connectivity index (χ4v) is 3.84. The van der Waals surface area contributed by atoms with Crippen molar-refractivity contribution < 1.29 is 9.53 Å². The Kier molecular flexibility index (Phi) is 4.03. The van der Waals surface area contributed by atoms with Gasteiger partial charge in [0.15, 0.2) is 0 Å². The van der Waals surface area contributed by atoms with E-state index in [0.29, 0.717) is 12.3 Å². The van der Waals surface area contributed by atoms with Gasteiger partial charge in [0.25, 0.3) is 0 Å². The van der Waals surface area contributed by atoms with E-state index in [-0.39, 0.29) is 23.5 Å². The zero-order chi connectivity index (χ0) is 14.9. The summed E-state index contributed by atoms with van der Waals surface area (Å²) in [4.78, 5) is 12.0. The number of hydrogen-bond donors (Lipinski definition) is 1. The zero-order valence-corrected chi connectivity index (χ0v) is 13.0. The zero-order valence-electron chi connectivity index (χ0n) is 13.0. The summed E-state index contributed by atoms with van der Waals surface area (Å²) in [6.07, 6.45) is 3.87. The van der Waals surface area contributed by atoms with E-state index in [0.717, 1.165) is 25.9 Å². The third-order valence-electron chi connectivity index (χ3n) is 5.15. The molecule has 0 bridgehead atoms. The van der Waals surface area contributed by atoms with Gasteiger partial charge in [-0.3, -0.25) is 4.79 Å². The normalized spacial score (nSPS) is 32.6. The fourth-order valence-electron chi connectivity index (χ4n) is 3.84. The van der Waals surface area contributed by atoms with Crippen molar-refractivity contribution in [2.75, 3.05) is 6.61 Å². The standard InChI is InChI=1S/C18H25NO2/c1-13(2)15-11-18(8-9-21-15)12-17(20)19-16(18)10-14-6-4-3-5-7-14/h3-7,13,15-16H,8-12H2,1-2H3,(H,19,20). The first-order chi connectivity index (χ1) is 10.1. The summed E-state index contributed by atoms with van der Waals surface area (Å²) in [6.45, 7) is 5.20. The lowest BCUT2D eigenvalue weighted by molar-refractivity contribution is -0.120. The molecule has 1 spiro atoms. The smallest absolute Gasteiger partial charge is 0.220 e. The summed E-state index contributed by atoms with van der Waals surface area (Å²) in [7, 11) is 0. The van der Waals surface area contributed by atoms with Crippen molar-refractivity contribution >= 4 is 5.91 Å². The topological polar surface area (TPSA) is 38.3 Å². The molecule has 21 heavy (non-hydrogen) atoms. The Labute approximate surface area is 127 Å². The average molecular weight is 287 g/mol. The molecule has 1 aromatic carbocycles. The molecule has 2 heterocycles. The first-order valence-electron chi connectivity index (χ1n) is 8.04. The SMILES string of the molecule is CC(C)C1CC2(CCO1)CC(=O)NC2Cc1ccccc1. The second-order valence-electron chi connectivity index (χ2n) is 6.96. The first-order valence-corrected chi connectivity index (χ1v) is 8.04. The van der Waals surface area contributed by atoms with Crippen LogP contribution in [0.15, 0.2) is 30.3 Å². The summed E-state index contributed by atoms with van der Waals surface area (Å²) < 4.78 is 5.92. The van der Waals surface area contributed by atoms with Gasteiger partial charge in [0.1, 0.15) is 0 Å². The van der Waals surface area contributed by atoms with Crippen LogP contribution < -0.4 is 5.32 Å². The fraction of sp³-hybridized carbons (Fsp3) is 0.611. The van der Waals surface area contributed by atoms with Gasteiger partial charge in [0.05, 0.1) is 6.10 Å². The van der Waals surface area contributed by atoms with Crippen LogP contribution in [0.2, 0.25) is 0 Å². The van der Waals surface area contributed by atoms with Gasteiger partial charge in [-0.2, -0.15) is 0 Å². The Balaban J connectivity index is 1.80. The molecule has 2 fully saturated rings. The highest BCUT2D eigenvalue weighted by Gasteiger charge is 2.49. The lowest BCUT2D eigenvalue weighted by atomic mass is 9.69. The molecule has 1 amide bonds. The Hall–Kier alpha value is -1.35. The molecule has 3 heteroatoms. The van der Waals surface area contributed by atoms with E-state index in [1.807, 2.05) is 6.07 Å². The van der Waals surface area contributed by atoms with E-state index in [2.05, 4.69) is 43.4 Å². The van der Waals surface area contributed by atoms with Crippen LogP contribution in [0.25, 0.3) is 0 Å². The van der Waals surface area contributed by atoms with E-state index < -0.39 is 0 Å². The van der Waals surface area contributed by atoms with Gasteiger partial charge in [0.2, 0.25) is 5.91 Å². The number of rotatable bonds is 3. The van der Waals surface area contributed by atoms with Gasteiger partial charge in [0, 0.05) is 24.5 Å². The second kappa shape index (κ2) is 5.80. The Morgan fingerprint density at radius 1 is 1.33 bits per heavy atom. The minimum atomic E-state index is 0.0834. The van der Waals surface area contributed by atoms with Crippen molar-refractivity contribution in [2.45, 2.75) is 51.7 Å². The lowest BCUT2D eigenvalue weighted by Crippen LogP contribution is -2.46. The Morgan fingerprint density at radius 2 is 2.10 bits per heavy atom. The summed E-state index contributed by atoms with van der Waals surface area (Å²) in [5.74, 6) is 0.718. The predicted molar refractivity (Wildman–Crippen MR) is 82.9 cm³/mol. The van der Waals surface area contributed by atoms with Gasteiger partial charge >= 0.3 is 0 Å². The van der Waals surface area contributed by atoms with Gasteiger partial charge < -0.3 is 10.1 Å². The molecule has 2 saturated heterocycles. The quantitative estimate of drug-likeness (QED) is 0.928. The van der Waals surface area contributed by atoms with E-state index in [9.17, 15) is 4.79 Å². The maximum absolute atomic E-state index is 12.0. The molecule has 1 aromatic rings. The van der Waals surface area contributed by atoms with Crippen LogP contribution in [-0.2, 0) is 16.0 Å².